The van der Waals surface area contributed by atoms with E-state index in [1.807, 2.05) is 0 Å². The molecule has 0 unspecified atom stereocenters. The van der Waals surface area contributed by atoms with Gasteiger partial charge in [-0.3, -0.25) is 0 Å². The summed E-state index contributed by atoms with van der Waals surface area (Å²) in [7, 11) is 0. The molecule has 5 nitrogen and oxygen atoms in total. The lowest BCUT2D eigenvalue weighted by Crippen LogP contribution is -2.47. The van der Waals surface area contributed by atoms with Crippen molar-refractivity contribution in [3.8, 4) is 11.5 Å². The summed E-state index contributed by atoms with van der Waals surface area (Å²) in [6.45, 7) is -1.05. The fourth-order valence-electron chi connectivity index (χ4n) is 2.88. The maximum Gasteiger partial charge on any atom is 0.419 e. The number of alkyl halides is 3. The number of phenolic OH excluding ortho intramolecular Hbond substituents is 1. The van der Waals surface area contributed by atoms with E-state index in [2.05, 4.69) is 0 Å². The molecule has 0 bridgehead atoms. The first kappa shape index (κ1) is 23.9. The van der Waals surface area contributed by atoms with Gasteiger partial charge in [0.2, 0.25) is 0 Å². The number of hydrogen-bond donors (Lipinski definition) is 4. The Bertz CT molecular complexity index is 838. The van der Waals surface area contributed by atoms with E-state index < -0.39 is 36.3 Å². The Balaban J connectivity index is 2.03. The van der Waals surface area contributed by atoms with E-state index in [1.54, 1.807) is 0 Å². The van der Waals surface area contributed by atoms with Gasteiger partial charge < -0.3 is 25.8 Å². The normalized spacial score (nSPS) is 12.2. The van der Waals surface area contributed by atoms with Gasteiger partial charge in [-0.25, -0.2) is 4.39 Å². The Labute approximate surface area is 171 Å². The fourth-order valence-corrected chi connectivity index (χ4v) is 2.88. The van der Waals surface area contributed by atoms with Crippen LogP contribution in [0.2, 0.25) is 0 Å². The van der Waals surface area contributed by atoms with Gasteiger partial charge in [-0.2, -0.15) is 13.2 Å². The maximum atomic E-state index is 13.7. The van der Waals surface area contributed by atoms with E-state index in [0.717, 1.165) is 12.1 Å². The Morgan fingerprint density at radius 2 is 1.67 bits per heavy atom. The number of aliphatic hydroxyl groups excluding tert-OH is 2. The van der Waals surface area contributed by atoms with Gasteiger partial charge in [0, 0.05) is 0 Å². The number of aliphatic hydroxyl groups is 2. The zero-order valence-corrected chi connectivity index (χ0v) is 16.3. The molecule has 166 valence electrons. The molecule has 0 spiro atoms. The highest BCUT2D eigenvalue weighted by Gasteiger charge is 2.35. The highest BCUT2D eigenvalue weighted by molar-refractivity contribution is 5.39. The summed E-state index contributed by atoms with van der Waals surface area (Å²) in [5.41, 5.74) is 4.14. The summed E-state index contributed by atoms with van der Waals surface area (Å²) >= 11 is 0. The van der Waals surface area contributed by atoms with Crippen molar-refractivity contribution in [2.45, 2.75) is 37.4 Å². The van der Waals surface area contributed by atoms with Crippen molar-refractivity contribution in [1.29, 1.82) is 0 Å². The van der Waals surface area contributed by atoms with Crippen LogP contribution in [0.3, 0.4) is 0 Å². The van der Waals surface area contributed by atoms with Crippen molar-refractivity contribution in [1.82, 2.24) is 0 Å². The van der Waals surface area contributed by atoms with E-state index in [0.29, 0.717) is 5.56 Å². The Morgan fingerprint density at radius 3 is 2.30 bits per heavy atom. The zero-order valence-electron chi connectivity index (χ0n) is 16.3. The molecule has 0 aromatic heterocycles. The Kier molecular flexibility index (Phi) is 8.05. The molecule has 9 heteroatoms. The molecule has 0 aliphatic carbocycles. The molecule has 0 aliphatic heterocycles. The van der Waals surface area contributed by atoms with Crippen molar-refractivity contribution in [2.75, 3.05) is 19.8 Å². The highest BCUT2D eigenvalue weighted by Crippen LogP contribution is 2.37. The molecule has 0 radical (unpaired) electrons. The molecule has 0 atom stereocenters. The number of rotatable bonds is 10. The first-order valence-electron chi connectivity index (χ1n) is 9.39. The monoisotopic (exact) mass is 431 g/mol. The summed E-state index contributed by atoms with van der Waals surface area (Å²) in [6.07, 6.45) is -3.95. The van der Waals surface area contributed by atoms with E-state index >= 15 is 0 Å². The summed E-state index contributed by atoms with van der Waals surface area (Å²) in [5.74, 6) is -0.938. The minimum absolute atomic E-state index is 0.0710. The maximum absolute atomic E-state index is 13.7. The van der Waals surface area contributed by atoms with Gasteiger partial charge in [0.25, 0.3) is 0 Å². The Hall–Kier alpha value is -2.36. The number of benzene rings is 2. The number of aromatic hydroxyl groups is 1. The summed E-state index contributed by atoms with van der Waals surface area (Å²) in [5, 5.41) is 27.8. The van der Waals surface area contributed by atoms with Gasteiger partial charge in [-0.15, -0.1) is 0 Å². The quantitative estimate of drug-likeness (QED) is 0.342. The minimum Gasteiger partial charge on any atom is -0.508 e. The molecule has 30 heavy (non-hydrogen) atoms. The van der Waals surface area contributed by atoms with Gasteiger partial charge in [0.1, 0.15) is 17.3 Å². The molecular weight excluding hydrogens is 406 g/mol. The number of halogens is 4. The third-order valence-electron chi connectivity index (χ3n) is 4.77. The molecule has 2 aromatic rings. The lowest BCUT2D eigenvalue weighted by Gasteiger charge is -2.24. The molecule has 5 N–H and O–H groups in total. The van der Waals surface area contributed by atoms with Gasteiger partial charge >= 0.3 is 6.18 Å². The molecule has 0 saturated heterocycles. The van der Waals surface area contributed by atoms with Crippen LogP contribution in [0.15, 0.2) is 36.4 Å². The van der Waals surface area contributed by atoms with Crippen molar-refractivity contribution in [2.24, 2.45) is 5.73 Å². The summed E-state index contributed by atoms with van der Waals surface area (Å²) < 4.78 is 59.3. The second-order valence-corrected chi connectivity index (χ2v) is 7.23. The van der Waals surface area contributed by atoms with Gasteiger partial charge in [0.05, 0.1) is 30.9 Å². The Morgan fingerprint density at radius 1 is 0.967 bits per heavy atom. The van der Waals surface area contributed by atoms with Crippen LogP contribution in [0.5, 0.6) is 11.5 Å². The van der Waals surface area contributed by atoms with Crippen LogP contribution in [0, 0.1) is 5.82 Å². The van der Waals surface area contributed by atoms with Crippen molar-refractivity contribution >= 4 is 0 Å². The molecule has 0 saturated carbocycles. The molecule has 0 fully saturated rings. The first-order chi connectivity index (χ1) is 14.1. The predicted molar refractivity (Wildman–Crippen MR) is 103 cm³/mol. The average Bonchev–Trinajstić information content (AvgIpc) is 2.71. The molecular formula is C21H25F4NO4. The topological polar surface area (TPSA) is 95.9 Å². The van der Waals surface area contributed by atoms with Crippen molar-refractivity contribution in [3.05, 3.63) is 58.9 Å². The molecule has 2 rings (SSSR count). The van der Waals surface area contributed by atoms with Gasteiger partial charge in [-0.1, -0.05) is 6.07 Å². The van der Waals surface area contributed by atoms with E-state index in [-0.39, 0.29) is 49.4 Å². The fraction of sp³-hybridized carbons (Fsp3) is 0.429. The number of hydrogen-bond acceptors (Lipinski definition) is 5. The average molecular weight is 431 g/mol. The lowest BCUT2D eigenvalue weighted by molar-refractivity contribution is -0.139. The van der Waals surface area contributed by atoms with Gasteiger partial charge in [-0.05, 0) is 67.1 Å². The summed E-state index contributed by atoms with van der Waals surface area (Å²) in [6, 6.07) is 7.23. The third-order valence-corrected chi connectivity index (χ3v) is 4.77. The molecule has 0 aliphatic rings. The predicted octanol–water partition coefficient (Wildman–Crippen LogP) is 3.18. The molecule has 2 aromatic carbocycles. The lowest BCUT2D eigenvalue weighted by atomic mass is 9.93. The van der Waals surface area contributed by atoms with Crippen LogP contribution in [0.25, 0.3) is 0 Å². The molecule has 0 amide bonds. The van der Waals surface area contributed by atoms with E-state index in [1.165, 1.54) is 24.3 Å². The van der Waals surface area contributed by atoms with Crippen LogP contribution in [0.1, 0.15) is 29.5 Å². The highest BCUT2D eigenvalue weighted by atomic mass is 19.4. The standard InChI is InChI=1S/C21H25F4NO4/c22-18-5-4-16(29)11-15(18)2-1-9-30-19-6-3-14(10-17(19)21(23,24)25)7-8-20(26,12-27)13-28/h3-6,10-11,27-29H,1-2,7-9,12-13,26H2. The largest absolute Gasteiger partial charge is 0.508 e. The third kappa shape index (κ3) is 6.58. The van der Waals surface area contributed by atoms with Crippen LogP contribution in [-0.4, -0.2) is 40.7 Å². The van der Waals surface area contributed by atoms with E-state index in [4.69, 9.17) is 10.5 Å². The van der Waals surface area contributed by atoms with Gasteiger partial charge in [0.15, 0.2) is 0 Å². The smallest absolute Gasteiger partial charge is 0.419 e. The van der Waals surface area contributed by atoms with Crippen LogP contribution >= 0.6 is 0 Å². The van der Waals surface area contributed by atoms with Crippen LogP contribution < -0.4 is 10.5 Å². The number of ether oxygens (including phenoxy) is 1. The van der Waals surface area contributed by atoms with Crippen LogP contribution in [0.4, 0.5) is 17.6 Å². The second-order valence-electron chi connectivity index (χ2n) is 7.23. The SMILES string of the molecule is NC(CO)(CO)CCc1ccc(OCCCc2cc(O)ccc2F)c(C(F)(F)F)c1. The van der Waals surface area contributed by atoms with E-state index in [9.17, 15) is 32.9 Å². The van der Waals surface area contributed by atoms with Crippen molar-refractivity contribution in [3.63, 3.8) is 0 Å². The minimum atomic E-state index is -4.64. The number of aryl methyl sites for hydroxylation is 2. The number of nitrogens with two attached hydrogens (primary N) is 1. The van der Waals surface area contributed by atoms with Crippen LogP contribution in [-0.2, 0) is 19.0 Å². The summed E-state index contributed by atoms with van der Waals surface area (Å²) in [4.78, 5) is 0. The second kappa shape index (κ2) is 10.1. The zero-order chi connectivity index (χ0) is 22.4. The number of phenols is 1. The van der Waals surface area contributed by atoms with Crippen molar-refractivity contribution < 1.29 is 37.6 Å². The first-order valence-corrected chi connectivity index (χ1v) is 9.39. The molecule has 0 heterocycles.